The van der Waals surface area contributed by atoms with E-state index >= 15 is 0 Å². The number of nitrogens with zero attached hydrogens (tertiary/aromatic N) is 2. The Morgan fingerprint density at radius 2 is 1.25 bits per heavy atom. The first-order chi connectivity index (χ1) is 7.78. The molecule has 0 saturated carbocycles. The van der Waals surface area contributed by atoms with Gasteiger partial charge in [-0.3, -0.25) is 19.3 Å². The van der Waals surface area contributed by atoms with Gasteiger partial charge < -0.3 is 10.2 Å². The van der Waals surface area contributed by atoms with Crippen LogP contribution in [-0.4, -0.2) is 72.7 Å². The van der Waals surface area contributed by atoms with Gasteiger partial charge in [-0.1, -0.05) is 0 Å². The summed E-state index contributed by atoms with van der Waals surface area (Å²) < 4.78 is 0. The van der Waals surface area contributed by atoms with Crippen LogP contribution in [0.2, 0.25) is 0 Å². The predicted octanol–water partition coefficient (Wildman–Crippen LogP) is -2.25. The Morgan fingerprint density at radius 1 is 0.875 bits per heavy atom. The first-order valence-corrected chi connectivity index (χ1v) is 4.70. The summed E-state index contributed by atoms with van der Waals surface area (Å²) in [6.07, 6.45) is 0.870. The number of aliphatic hydroxyl groups is 2. The minimum atomic E-state index is -0.206. The van der Waals surface area contributed by atoms with Crippen LogP contribution < -0.4 is 0 Å². The largest absolute Gasteiger partial charge is 0.394 e. The summed E-state index contributed by atoms with van der Waals surface area (Å²) in [5, 5.41) is 18.8. The molecule has 0 spiro atoms. The van der Waals surface area contributed by atoms with Crippen LogP contribution in [0.1, 0.15) is 0 Å². The van der Waals surface area contributed by atoms with Crippen molar-refractivity contribution in [2.45, 2.75) is 0 Å². The van der Waals surface area contributed by atoms with Crippen molar-refractivity contribution in [3.63, 3.8) is 0 Å². The lowest BCUT2D eigenvalue weighted by atomic mass is 10.6. The fourth-order valence-electron chi connectivity index (χ4n) is 0.809. The zero-order valence-electron chi connectivity index (χ0n) is 8.82. The molecule has 0 heterocycles. The molecule has 0 rings (SSSR count). The summed E-state index contributed by atoms with van der Waals surface area (Å²) in [5.74, 6) is 0. The fourth-order valence-corrected chi connectivity index (χ4v) is 0.809. The highest BCUT2D eigenvalue weighted by molar-refractivity contribution is 5.46. The summed E-state index contributed by atoms with van der Waals surface area (Å²) in [6.45, 7) is -0.207. The van der Waals surface area contributed by atoms with E-state index in [4.69, 9.17) is 19.9 Å². The second-order valence-corrected chi connectivity index (χ2v) is 2.61. The summed E-state index contributed by atoms with van der Waals surface area (Å²) >= 11 is 0. The number of carbonyl (C=O) groups excluding carboxylic acids is 2. The zero-order valence-corrected chi connectivity index (χ0v) is 8.82. The van der Waals surface area contributed by atoms with E-state index in [0.717, 1.165) is 10.1 Å². The molecule has 0 fully saturated rings. The van der Waals surface area contributed by atoms with Gasteiger partial charge in [0, 0.05) is 0 Å². The van der Waals surface area contributed by atoms with Gasteiger partial charge in [0.1, 0.15) is 0 Å². The van der Waals surface area contributed by atoms with Crippen LogP contribution in [0.25, 0.3) is 0 Å². The van der Waals surface area contributed by atoms with E-state index in [1.54, 1.807) is 0 Å². The molecule has 16 heavy (non-hydrogen) atoms. The van der Waals surface area contributed by atoms with Gasteiger partial charge in [0.15, 0.2) is 0 Å². The maximum Gasteiger partial charge on any atom is 0.233 e. The molecular weight excluding hydrogens is 220 g/mol. The Morgan fingerprint density at radius 3 is 1.50 bits per heavy atom. The Hall–Kier alpha value is -1.22. The highest BCUT2D eigenvalue weighted by atomic mass is 16.7. The first-order valence-electron chi connectivity index (χ1n) is 4.70. The standard InChI is InChI=1S/C8H16N2O6/c11-3-5-15-9(7-13)1-2-10(8-14)16-6-4-12/h7-8,11-12H,1-6H2. The van der Waals surface area contributed by atoms with Crippen molar-refractivity contribution >= 4 is 12.8 Å². The monoisotopic (exact) mass is 236 g/mol. The SMILES string of the molecule is O=CN(CCN(C=O)OCCO)OCCO. The summed E-state index contributed by atoms with van der Waals surface area (Å²) in [5.41, 5.74) is 0. The summed E-state index contributed by atoms with van der Waals surface area (Å²) in [6, 6.07) is 0. The van der Waals surface area contributed by atoms with Crippen molar-refractivity contribution in [1.29, 1.82) is 0 Å². The highest BCUT2D eigenvalue weighted by Crippen LogP contribution is 1.90. The van der Waals surface area contributed by atoms with Gasteiger partial charge >= 0.3 is 0 Å². The van der Waals surface area contributed by atoms with Gasteiger partial charge in [0.05, 0.1) is 39.5 Å². The molecule has 2 N–H and O–H groups in total. The van der Waals surface area contributed by atoms with Gasteiger partial charge in [-0.25, -0.2) is 10.1 Å². The van der Waals surface area contributed by atoms with Crippen LogP contribution in [-0.2, 0) is 19.3 Å². The number of carbonyl (C=O) groups is 2. The third-order valence-electron chi connectivity index (χ3n) is 1.47. The van der Waals surface area contributed by atoms with E-state index in [1.807, 2.05) is 0 Å². The lowest BCUT2D eigenvalue weighted by molar-refractivity contribution is -0.196. The van der Waals surface area contributed by atoms with Crippen molar-refractivity contribution in [3.8, 4) is 0 Å². The smallest absolute Gasteiger partial charge is 0.233 e. The van der Waals surface area contributed by atoms with Crippen molar-refractivity contribution in [2.24, 2.45) is 0 Å². The van der Waals surface area contributed by atoms with E-state index in [2.05, 4.69) is 0 Å². The maximum atomic E-state index is 10.5. The molecule has 0 atom stereocenters. The minimum Gasteiger partial charge on any atom is -0.394 e. The third-order valence-corrected chi connectivity index (χ3v) is 1.47. The van der Waals surface area contributed by atoms with Gasteiger partial charge in [-0.05, 0) is 0 Å². The van der Waals surface area contributed by atoms with Crippen molar-refractivity contribution in [3.05, 3.63) is 0 Å². The van der Waals surface area contributed by atoms with Crippen LogP contribution in [0.15, 0.2) is 0 Å². The molecule has 2 amide bonds. The Labute approximate surface area is 92.9 Å². The highest BCUT2D eigenvalue weighted by Gasteiger charge is 2.06. The zero-order chi connectivity index (χ0) is 12.2. The van der Waals surface area contributed by atoms with Crippen molar-refractivity contribution in [2.75, 3.05) is 39.5 Å². The Balaban J connectivity index is 3.77. The van der Waals surface area contributed by atoms with Gasteiger partial charge in [0.2, 0.25) is 12.8 Å². The molecule has 0 aliphatic rings. The summed E-state index contributed by atoms with van der Waals surface area (Å²) in [4.78, 5) is 30.5. The molecule has 0 aromatic carbocycles. The maximum absolute atomic E-state index is 10.5. The van der Waals surface area contributed by atoms with E-state index in [-0.39, 0.29) is 39.5 Å². The van der Waals surface area contributed by atoms with E-state index in [0.29, 0.717) is 12.8 Å². The van der Waals surface area contributed by atoms with Crippen LogP contribution in [0.5, 0.6) is 0 Å². The Kier molecular flexibility index (Phi) is 9.52. The third kappa shape index (κ3) is 7.12. The van der Waals surface area contributed by atoms with Crippen molar-refractivity contribution < 1.29 is 29.5 Å². The average molecular weight is 236 g/mol. The Bertz CT molecular complexity index is 171. The van der Waals surface area contributed by atoms with Crippen LogP contribution >= 0.6 is 0 Å². The summed E-state index contributed by atoms with van der Waals surface area (Å²) in [7, 11) is 0. The molecule has 0 unspecified atom stereocenters. The van der Waals surface area contributed by atoms with Gasteiger partial charge in [0.25, 0.3) is 0 Å². The van der Waals surface area contributed by atoms with E-state index in [1.165, 1.54) is 0 Å². The molecule has 0 saturated heterocycles. The van der Waals surface area contributed by atoms with Gasteiger partial charge in [-0.2, -0.15) is 0 Å². The number of aliphatic hydroxyl groups excluding tert-OH is 2. The van der Waals surface area contributed by atoms with Crippen LogP contribution in [0.4, 0.5) is 0 Å². The molecule has 94 valence electrons. The van der Waals surface area contributed by atoms with Crippen molar-refractivity contribution in [1.82, 2.24) is 10.1 Å². The quantitative estimate of drug-likeness (QED) is 0.310. The van der Waals surface area contributed by atoms with Gasteiger partial charge in [-0.15, -0.1) is 0 Å². The molecule has 0 radical (unpaired) electrons. The molecule has 0 aliphatic heterocycles. The molecule has 0 aliphatic carbocycles. The van der Waals surface area contributed by atoms with Crippen LogP contribution in [0, 0.1) is 0 Å². The number of hydroxylamine groups is 4. The number of amides is 2. The van der Waals surface area contributed by atoms with E-state index in [9.17, 15) is 9.59 Å². The topological polar surface area (TPSA) is 99.5 Å². The normalized spacial score (nSPS) is 9.88. The second-order valence-electron chi connectivity index (χ2n) is 2.61. The molecule has 0 bridgehead atoms. The first kappa shape index (κ1) is 14.8. The fraction of sp³-hybridized carbons (Fsp3) is 0.750. The molecular formula is C8H16N2O6. The lowest BCUT2D eigenvalue weighted by Gasteiger charge is -2.20. The second kappa shape index (κ2) is 10.3. The predicted molar refractivity (Wildman–Crippen MR) is 51.6 cm³/mol. The van der Waals surface area contributed by atoms with E-state index < -0.39 is 0 Å². The minimum absolute atomic E-state index is 0.00265. The molecule has 8 nitrogen and oxygen atoms in total. The number of hydrogen-bond donors (Lipinski definition) is 2. The molecule has 8 heteroatoms. The van der Waals surface area contributed by atoms with Crippen LogP contribution in [0.3, 0.4) is 0 Å². The average Bonchev–Trinajstić information content (AvgIpc) is 2.33. The molecule has 0 aromatic rings. The number of hydrogen-bond acceptors (Lipinski definition) is 6. The molecule has 0 aromatic heterocycles. The number of rotatable bonds is 11. The lowest BCUT2D eigenvalue weighted by Crippen LogP contribution is -2.35.